The molecule has 2 saturated heterocycles. The van der Waals surface area contributed by atoms with Crippen molar-refractivity contribution < 1.29 is 32.1 Å². The van der Waals surface area contributed by atoms with Gasteiger partial charge in [0.05, 0.1) is 36.9 Å². The second kappa shape index (κ2) is 11.7. The summed E-state index contributed by atoms with van der Waals surface area (Å²) in [7, 11) is 0. The van der Waals surface area contributed by atoms with Crippen LogP contribution in [0, 0.1) is 18.7 Å². The number of nitrogens with zero attached hydrogens (tertiary/aromatic N) is 2. The van der Waals surface area contributed by atoms with E-state index in [0.29, 0.717) is 59.8 Å². The smallest absolute Gasteiger partial charge is 0.266 e. The number of fused-ring (bicyclic) bond motifs is 1. The first kappa shape index (κ1) is 26.5. The minimum atomic E-state index is -2.90. The van der Waals surface area contributed by atoms with E-state index >= 15 is 0 Å². The fraction of sp³-hybridized carbons (Fsp3) is 0.500. The Morgan fingerprint density at radius 3 is 2.53 bits per heavy atom. The summed E-state index contributed by atoms with van der Waals surface area (Å²) in [5, 5.41) is 3.86. The van der Waals surface area contributed by atoms with Gasteiger partial charge in [-0.3, -0.25) is 0 Å². The fourth-order valence-corrected chi connectivity index (χ4v) is 4.83. The maximum atomic E-state index is 14.8. The number of nitrogens with one attached hydrogen (secondary N) is 1. The number of halogens is 3. The van der Waals surface area contributed by atoms with Crippen LogP contribution in [-0.2, 0) is 9.47 Å². The quantitative estimate of drug-likeness (QED) is 0.354. The monoisotopic (exact) mass is 531 g/mol. The number of hydrogen-bond donors (Lipinski definition) is 1. The van der Waals surface area contributed by atoms with Crippen LogP contribution in [0.1, 0.15) is 55.6 Å². The first-order valence-electron chi connectivity index (χ1n) is 13.0. The molecule has 0 radical (unpaired) electrons. The van der Waals surface area contributed by atoms with Crippen LogP contribution in [0.5, 0.6) is 11.5 Å². The summed E-state index contributed by atoms with van der Waals surface area (Å²) in [6, 6.07) is 7.04. The van der Waals surface area contributed by atoms with Gasteiger partial charge in [-0.2, -0.15) is 0 Å². The number of aromatic nitrogens is 2. The highest BCUT2D eigenvalue weighted by Crippen LogP contribution is 2.38. The second-order valence-corrected chi connectivity index (χ2v) is 9.82. The number of hydrogen-bond acceptors (Lipinski definition) is 7. The molecule has 3 aromatic rings. The molecule has 0 spiro atoms. The summed E-state index contributed by atoms with van der Waals surface area (Å²) in [6.07, 6.45) is -0.356. The van der Waals surface area contributed by atoms with Crippen LogP contribution in [0.4, 0.5) is 19.0 Å². The van der Waals surface area contributed by atoms with Crippen molar-refractivity contribution in [3.05, 3.63) is 53.1 Å². The van der Waals surface area contributed by atoms with Crippen LogP contribution in [0.15, 0.2) is 30.3 Å². The average molecular weight is 532 g/mol. The summed E-state index contributed by atoms with van der Waals surface area (Å²) >= 11 is 0. The molecule has 0 saturated carbocycles. The van der Waals surface area contributed by atoms with Crippen molar-refractivity contribution in [3.63, 3.8) is 0 Å². The van der Waals surface area contributed by atoms with Crippen LogP contribution >= 0.6 is 0 Å². The lowest BCUT2D eigenvalue weighted by atomic mass is 10.0. The maximum Gasteiger partial charge on any atom is 0.266 e. The lowest BCUT2D eigenvalue weighted by Gasteiger charge is -2.24. The predicted octanol–water partition coefficient (Wildman–Crippen LogP) is 6.16. The highest BCUT2D eigenvalue weighted by molar-refractivity contribution is 5.92. The third-order valence-electron chi connectivity index (χ3n) is 6.98. The molecule has 0 amide bonds. The van der Waals surface area contributed by atoms with Crippen LogP contribution < -0.4 is 14.8 Å². The van der Waals surface area contributed by atoms with Gasteiger partial charge in [0.2, 0.25) is 0 Å². The predicted molar refractivity (Wildman–Crippen MR) is 137 cm³/mol. The summed E-state index contributed by atoms with van der Waals surface area (Å²) in [5.74, 6) is 1.56. The first-order chi connectivity index (χ1) is 18.4. The van der Waals surface area contributed by atoms with Crippen LogP contribution in [0.2, 0.25) is 0 Å². The molecule has 2 atom stereocenters. The summed E-state index contributed by atoms with van der Waals surface area (Å²) < 4.78 is 64.9. The number of alkyl halides is 2. The van der Waals surface area contributed by atoms with Gasteiger partial charge in [0.1, 0.15) is 23.6 Å². The van der Waals surface area contributed by atoms with E-state index in [4.69, 9.17) is 18.9 Å². The Hall–Kier alpha value is -3.11. The zero-order valence-electron chi connectivity index (χ0n) is 21.5. The Kier molecular flexibility index (Phi) is 8.18. The molecule has 2 aliphatic rings. The summed E-state index contributed by atoms with van der Waals surface area (Å²) in [6.45, 7) is 6.59. The number of aryl methyl sites for hydroxylation is 1. The number of rotatable bonds is 9. The van der Waals surface area contributed by atoms with Gasteiger partial charge >= 0.3 is 0 Å². The molecule has 38 heavy (non-hydrogen) atoms. The van der Waals surface area contributed by atoms with Gasteiger partial charge in [-0.1, -0.05) is 18.2 Å². The van der Waals surface area contributed by atoms with Gasteiger partial charge < -0.3 is 24.3 Å². The molecular formula is C28H32F3N3O4. The van der Waals surface area contributed by atoms with Crippen LogP contribution in [-0.4, -0.2) is 49.1 Å². The van der Waals surface area contributed by atoms with Gasteiger partial charge in [-0.25, -0.2) is 23.1 Å². The minimum absolute atomic E-state index is 0.106. The molecule has 5 rings (SSSR count). The third-order valence-corrected chi connectivity index (χ3v) is 6.98. The maximum absolute atomic E-state index is 14.8. The average Bonchev–Trinajstić information content (AvgIpc) is 3.41. The SMILES string of the molecule is Cc1nc(N[C@H](C)c2cccc(C(F)F)c2F)c2cc(O[C@H]3CCOC3)c(OCC3CCOCC3)cc2n1. The van der Waals surface area contributed by atoms with Crippen LogP contribution in [0.3, 0.4) is 0 Å². The Morgan fingerprint density at radius 1 is 1.03 bits per heavy atom. The molecule has 7 nitrogen and oxygen atoms in total. The van der Waals surface area contributed by atoms with Crippen molar-refractivity contribution in [2.24, 2.45) is 5.92 Å². The van der Waals surface area contributed by atoms with E-state index in [0.717, 1.165) is 38.5 Å². The number of anilines is 1. The van der Waals surface area contributed by atoms with Gasteiger partial charge in [-0.05, 0) is 38.7 Å². The van der Waals surface area contributed by atoms with E-state index in [-0.39, 0.29) is 11.7 Å². The molecular weight excluding hydrogens is 499 g/mol. The van der Waals surface area contributed by atoms with Crippen molar-refractivity contribution in [1.29, 1.82) is 0 Å². The van der Waals surface area contributed by atoms with E-state index in [1.54, 1.807) is 13.8 Å². The third kappa shape index (κ3) is 5.96. The largest absolute Gasteiger partial charge is 0.489 e. The Morgan fingerprint density at radius 2 is 1.79 bits per heavy atom. The lowest BCUT2D eigenvalue weighted by molar-refractivity contribution is 0.0488. The molecule has 0 bridgehead atoms. The van der Waals surface area contributed by atoms with Gasteiger partial charge in [0, 0.05) is 36.7 Å². The summed E-state index contributed by atoms with van der Waals surface area (Å²) in [4.78, 5) is 9.14. The highest BCUT2D eigenvalue weighted by atomic mass is 19.3. The van der Waals surface area contributed by atoms with Gasteiger partial charge in [0.15, 0.2) is 11.5 Å². The molecule has 2 aliphatic heterocycles. The van der Waals surface area contributed by atoms with Gasteiger partial charge in [0.25, 0.3) is 6.43 Å². The van der Waals surface area contributed by atoms with Gasteiger partial charge in [-0.15, -0.1) is 0 Å². The number of ether oxygens (including phenoxy) is 4. The Labute approximate surface area is 219 Å². The lowest BCUT2D eigenvalue weighted by Crippen LogP contribution is -2.22. The molecule has 204 valence electrons. The highest BCUT2D eigenvalue weighted by Gasteiger charge is 2.24. The standard InChI is InChI=1S/C28H32F3N3O4/c1-16(20-4-3-5-21(26(20)29)27(30)31)32-28-22-12-25(38-19-8-11-36-15-19)24(13-23(22)33-17(2)34-28)37-14-18-6-9-35-10-7-18/h3-5,12-13,16,18-19,27H,6-11,14-15H2,1-2H3,(H,32,33,34)/t16-,19+/m1/s1. The Balaban J connectivity index is 1.47. The normalized spacial score (nSPS) is 19.2. The van der Waals surface area contributed by atoms with Crippen molar-refractivity contribution in [2.45, 2.75) is 51.7 Å². The molecule has 0 unspecified atom stereocenters. The van der Waals surface area contributed by atoms with Crippen molar-refractivity contribution in [2.75, 3.05) is 38.4 Å². The summed E-state index contributed by atoms with van der Waals surface area (Å²) in [5.41, 5.74) is 0.134. The first-order valence-corrected chi connectivity index (χ1v) is 13.0. The van der Waals surface area contributed by atoms with Crippen molar-refractivity contribution in [1.82, 2.24) is 9.97 Å². The van der Waals surface area contributed by atoms with E-state index < -0.39 is 23.8 Å². The molecule has 2 aromatic carbocycles. The number of benzene rings is 2. The van der Waals surface area contributed by atoms with E-state index in [2.05, 4.69) is 15.3 Å². The van der Waals surface area contributed by atoms with Crippen molar-refractivity contribution in [3.8, 4) is 11.5 Å². The fourth-order valence-electron chi connectivity index (χ4n) is 4.83. The zero-order valence-corrected chi connectivity index (χ0v) is 21.5. The second-order valence-electron chi connectivity index (χ2n) is 9.82. The topological polar surface area (TPSA) is 74.7 Å². The minimum Gasteiger partial charge on any atom is -0.489 e. The molecule has 0 aliphatic carbocycles. The van der Waals surface area contributed by atoms with E-state index in [1.165, 1.54) is 12.1 Å². The Bertz CT molecular complexity index is 1260. The van der Waals surface area contributed by atoms with E-state index in [1.807, 2.05) is 12.1 Å². The molecule has 10 heteroatoms. The molecule has 1 N–H and O–H groups in total. The molecule has 1 aromatic heterocycles. The van der Waals surface area contributed by atoms with Crippen LogP contribution in [0.25, 0.3) is 10.9 Å². The van der Waals surface area contributed by atoms with Crippen molar-refractivity contribution >= 4 is 16.7 Å². The van der Waals surface area contributed by atoms with E-state index in [9.17, 15) is 13.2 Å². The molecule has 3 heterocycles. The molecule has 2 fully saturated rings. The zero-order chi connectivity index (χ0) is 26.6.